The third kappa shape index (κ3) is 4.24. The van der Waals surface area contributed by atoms with E-state index in [1.54, 1.807) is 19.1 Å². The van der Waals surface area contributed by atoms with E-state index in [1.165, 1.54) is 0 Å². The topological polar surface area (TPSA) is 49.8 Å². The molecule has 0 unspecified atom stereocenters. The monoisotopic (exact) mass is 265 g/mol. The lowest BCUT2D eigenvalue weighted by Gasteiger charge is -2.34. The SMILES string of the molecule is COc1ccc(CCC(=O)N(C)C(C)(C)CO)cc1. The predicted octanol–water partition coefficient (Wildman–Crippen LogP) is 1.86. The molecule has 4 nitrogen and oxygen atoms in total. The predicted molar refractivity (Wildman–Crippen MR) is 75.2 cm³/mol. The van der Waals surface area contributed by atoms with Crippen molar-refractivity contribution in [2.75, 3.05) is 20.8 Å². The highest BCUT2D eigenvalue weighted by Crippen LogP contribution is 2.15. The number of aliphatic hydroxyl groups is 1. The zero-order chi connectivity index (χ0) is 14.5. The van der Waals surface area contributed by atoms with Crippen LogP contribution in [-0.2, 0) is 11.2 Å². The molecule has 1 N–H and O–H groups in total. The Hall–Kier alpha value is -1.55. The molecule has 106 valence electrons. The van der Waals surface area contributed by atoms with Crippen LogP contribution in [0.5, 0.6) is 5.75 Å². The van der Waals surface area contributed by atoms with E-state index in [4.69, 9.17) is 4.74 Å². The van der Waals surface area contributed by atoms with Crippen LogP contribution in [0.4, 0.5) is 0 Å². The molecule has 0 atom stereocenters. The third-order valence-electron chi connectivity index (χ3n) is 3.46. The molecule has 4 heteroatoms. The number of aryl methyl sites for hydroxylation is 1. The number of benzene rings is 1. The van der Waals surface area contributed by atoms with E-state index in [-0.39, 0.29) is 12.5 Å². The highest BCUT2D eigenvalue weighted by Gasteiger charge is 2.26. The lowest BCUT2D eigenvalue weighted by atomic mass is 10.0. The number of ether oxygens (including phenoxy) is 1. The molecular weight excluding hydrogens is 242 g/mol. The van der Waals surface area contributed by atoms with Crippen molar-refractivity contribution < 1.29 is 14.6 Å². The summed E-state index contributed by atoms with van der Waals surface area (Å²) >= 11 is 0. The number of aliphatic hydroxyl groups excluding tert-OH is 1. The molecule has 0 aliphatic rings. The fourth-order valence-corrected chi connectivity index (χ4v) is 1.65. The second kappa shape index (κ2) is 6.57. The Balaban J connectivity index is 2.54. The van der Waals surface area contributed by atoms with Crippen molar-refractivity contribution in [3.8, 4) is 5.75 Å². The molecule has 0 aliphatic heterocycles. The van der Waals surface area contributed by atoms with Gasteiger partial charge in [0.2, 0.25) is 5.91 Å². The first-order chi connectivity index (χ1) is 8.90. The zero-order valence-electron chi connectivity index (χ0n) is 12.1. The molecule has 1 aromatic rings. The number of rotatable bonds is 6. The lowest BCUT2D eigenvalue weighted by molar-refractivity contribution is -0.135. The smallest absolute Gasteiger partial charge is 0.223 e. The van der Waals surface area contributed by atoms with Gasteiger partial charge in [0.25, 0.3) is 0 Å². The number of carbonyl (C=O) groups is 1. The maximum absolute atomic E-state index is 12.0. The largest absolute Gasteiger partial charge is 0.497 e. The molecule has 0 aromatic heterocycles. The van der Waals surface area contributed by atoms with Gasteiger partial charge in [-0.05, 0) is 38.0 Å². The molecule has 0 spiro atoms. The first kappa shape index (κ1) is 15.5. The fraction of sp³-hybridized carbons (Fsp3) is 0.533. The summed E-state index contributed by atoms with van der Waals surface area (Å²) in [6, 6.07) is 7.70. The van der Waals surface area contributed by atoms with Crippen LogP contribution in [-0.4, -0.2) is 42.2 Å². The van der Waals surface area contributed by atoms with Gasteiger partial charge >= 0.3 is 0 Å². The van der Waals surface area contributed by atoms with Gasteiger partial charge in [-0.1, -0.05) is 12.1 Å². The summed E-state index contributed by atoms with van der Waals surface area (Å²) in [5.41, 5.74) is 0.584. The van der Waals surface area contributed by atoms with Crippen molar-refractivity contribution in [3.63, 3.8) is 0 Å². The van der Waals surface area contributed by atoms with Crippen molar-refractivity contribution in [3.05, 3.63) is 29.8 Å². The average molecular weight is 265 g/mol. The zero-order valence-corrected chi connectivity index (χ0v) is 12.1. The van der Waals surface area contributed by atoms with E-state index in [1.807, 2.05) is 38.1 Å². The van der Waals surface area contributed by atoms with Gasteiger partial charge in [0.05, 0.1) is 19.3 Å². The Morgan fingerprint density at radius 2 is 1.89 bits per heavy atom. The lowest BCUT2D eigenvalue weighted by Crippen LogP contribution is -2.47. The van der Waals surface area contributed by atoms with Gasteiger partial charge in [-0.15, -0.1) is 0 Å². The standard InChI is InChI=1S/C15H23NO3/c1-15(2,11-17)16(3)14(18)10-7-12-5-8-13(19-4)9-6-12/h5-6,8-9,17H,7,10-11H2,1-4H3. The molecule has 0 aliphatic carbocycles. The summed E-state index contributed by atoms with van der Waals surface area (Å²) in [5, 5.41) is 9.25. The van der Waals surface area contributed by atoms with Crippen molar-refractivity contribution in [1.29, 1.82) is 0 Å². The van der Waals surface area contributed by atoms with Crippen LogP contribution in [0, 0.1) is 0 Å². The minimum atomic E-state index is -0.517. The molecule has 1 aromatic carbocycles. The third-order valence-corrected chi connectivity index (χ3v) is 3.46. The first-order valence-corrected chi connectivity index (χ1v) is 6.41. The van der Waals surface area contributed by atoms with Gasteiger partial charge in [-0.3, -0.25) is 4.79 Å². The number of nitrogens with zero attached hydrogens (tertiary/aromatic N) is 1. The minimum absolute atomic E-state index is 0.0369. The first-order valence-electron chi connectivity index (χ1n) is 6.41. The highest BCUT2D eigenvalue weighted by atomic mass is 16.5. The van der Waals surface area contributed by atoms with Gasteiger partial charge in [0.1, 0.15) is 5.75 Å². The van der Waals surface area contributed by atoms with Crippen LogP contribution in [0.15, 0.2) is 24.3 Å². The van der Waals surface area contributed by atoms with Gasteiger partial charge in [0, 0.05) is 13.5 Å². The van der Waals surface area contributed by atoms with Crippen molar-refractivity contribution in [2.24, 2.45) is 0 Å². The van der Waals surface area contributed by atoms with Crippen molar-refractivity contribution in [1.82, 2.24) is 4.90 Å². The van der Waals surface area contributed by atoms with Crippen LogP contribution < -0.4 is 4.74 Å². The molecule has 0 radical (unpaired) electrons. The molecule has 0 heterocycles. The summed E-state index contributed by atoms with van der Waals surface area (Å²) in [5.74, 6) is 0.850. The van der Waals surface area contributed by atoms with E-state index in [0.29, 0.717) is 12.8 Å². The number of hydrogen-bond acceptors (Lipinski definition) is 3. The Labute approximate surface area is 115 Å². The fourth-order valence-electron chi connectivity index (χ4n) is 1.65. The van der Waals surface area contributed by atoms with Crippen LogP contribution in [0.3, 0.4) is 0 Å². The van der Waals surface area contributed by atoms with Crippen molar-refractivity contribution >= 4 is 5.91 Å². The summed E-state index contributed by atoms with van der Waals surface area (Å²) in [4.78, 5) is 13.6. The number of carbonyl (C=O) groups excluding carboxylic acids is 1. The molecule has 19 heavy (non-hydrogen) atoms. The van der Waals surface area contributed by atoms with Gasteiger partial charge in [-0.2, -0.15) is 0 Å². The van der Waals surface area contributed by atoms with Crippen LogP contribution in [0.1, 0.15) is 25.8 Å². The number of likely N-dealkylation sites (N-methyl/N-ethyl adjacent to an activating group) is 1. The highest BCUT2D eigenvalue weighted by molar-refractivity contribution is 5.77. The second-order valence-corrected chi connectivity index (χ2v) is 5.27. The maximum atomic E-state index is 12.0. The molecule has 1 amide bonds. The van der Waals surface area contributed by atoms with Crippen LogP contribution in [0.25, 0.3) is 0 Å². The minimum Gasteiger partial charge on any atom is -0.497 e. The molecule has 0 saturated carbocycles. The quantitative estimate of drug-likeness (QED) is 0.854. The number of amides is 1. The summed E-state index contributed by atoms with van der Waals surface area (Å²) in [6.07, 6.45) is 1.13. The van der Waals surface area contributed by atoms with E-state index in [0.717, 1.165) is 11.3 Å². The summed E-state index contributed by atoms with van der Waals surface area (Å²) in [7, 11) is 3.36. The molecular formula is C15H23NO3. The van der Waals surface area contributed by atoms with E-state index >= 15 is 0 Å². The number of methoxy groups -OCH3 is 1. The van der Waals surface area contributed by atoms with Gasteiger partial charge in [0.15, 0.2) is 0 Å². The maximum Gasteiger partial charge on any atom is 0.223 e. The van der Waals surface area contributed by atoms with Crippen LogP contribution >= 0.6 is 0 Å². The number of hydrogen-bond donors (Lipinski definition) is 1. The van der Waals surface area contributed by atoms with E-state index in [9.17, 15) is 9.90 Å². The Kier molecular flexibility index (Phi) is 5.36. The second-order valence-electron chi connectivity index (χ2n) is 5.27. The summed E-state index contributed by atoms with van der Waals surface area (Å²) in [6.45, 7) is 3.65. The average Bonchev–Trinajstić information content (AvgIpc) is 2.44. The normalized spacial score (nSPS) is 11.2. The molecule has 0 fully saturated rings. The van der Waals surface area contributed by atoms with Gasteiger partial charge in [-0.25, -0.2) is 0 Å². The van der Waals surface area contributed by atoms with Gasteiger partial charge < -0.3 is 14.7 Å². The summed E-state index contributed by atoms with van der Waals surface area (Å²) < 4.78 is 5.09. The van der Waals surface area contributed by atoms with Crippen molar-refractivity contribution in [2.45, 2.75) is 32.2 Å². The molecule has 0 saturated heterocycles. The molecule has 0 bridgehead atoms. The Bertz CT molecular complexity index is 412. The van der Waals surface area contributed by atoms with E-state index < -0.39 is 5.54 Å². The van der Waals surface area contributed by atoms with Crippen LogP contribution in [0.2, 0.25) is 0 Å². The Morgan fingerprint density at radius 1 is 1.32 bits per heavy atom. The molecule has 1 rings (SSSR count). The van der Waals surface area contributed by atoms with E-state index in [2.05, 4.69) is 0 Å². The Morgan fingerprint density at radius 3 is 2.37 bits per heavy atom.